The molecule has 2 aromatic carbocycles. The van der Waals surface area contributed by atoms with Crippen LogP contribution in [0.4, 0.5) is 0 Å². The van der Waals surface area contributed by atoms with Crippen LogP contribution in [0.25, 0.3) is 11.4 Å². The Morgan fingerprint density at radius 1 is 1.10 bits per heavy atom. The first-order valence-corrected chi connectivity index (χ1v) is 9.35. The lowest BCUT2D eigenvalue weighted by Crippen LogP contribution is -2.26. The highest BCUT2D eigenvalue weighted by atomic mass is 16.5. The lowest BCUT2D eigenvalue weighted by atomic mass is 10.1. The molecule has 0 radical (unpaired) electrons. The van der Waals surface area contributed by atoms with E-state index in [9.17, 15) is 4.79 Å². The van der Waals surface area contributed by atoms with E-state index in [1.807, 2.05) is 49.4 Å². The molecule has 0 unspecified atom stereocenters. The van der Waals surface area contributed by atoms with Crippen molar-refractivity contribution in [3.63, 3.8) is 0 Å². The molecule has 0 saturated heterocycles. The third-order valence-corrected chi connectivity index (χ3v) is 4.65. The minimum absolute atomic E-state index is 0.0232. The fraction of sp³-hybridized carbons (Fsp3) is 0.318. The summed E-state index contributed by atoms with van der Waals surface area (Å²) in [6.45, 7) is 2.44. The van der Waals surface area contributed by atoms with Gasteiger partial charge in [-0.25, -0.2) is 0 Å². The molecule has 0 N–H and O–H groups in total. The molecule has 29 heavy (non-hydrogen) atoms. The average Bonchev–Trinajstić information content (AvgIpc) is 3.21. The molecule has 7 nitrogen and oxygen atoms in total. The van der Waals surface area contributed by atoms with Crippen LogP contribution >= 0.6 is 0 Å². The number of aryl methyl sites for hydroxylation is 2. The minimum Gasteiger partial charge on any atom is -0.493 e. The van der Waals surface area contributed by atoms with Crippen molar-refractivity contribution in [2.24, 2.45) is 0 Å². The Morgan fingerprint density at radius 3 is 2.55 bits per heavy atom. The van der Waals surface area contributed by atoms with Gasteiger partial charge in [0.1, 0.15) is 0 Å². The zero-order valence-electron chi connectivity index (χ0n) is 17.1. The average molecular weight is 395 g/mol. The first-order chi connectivity index (χ1) is 14.0. The van der Waals surface area contributed by atoms with E-state index in [-0.39, 0.29) is 12.3 Å². The Balaban J connectivity index is 1.59. The highest BCUT2D eigenvalue weighted by Crippen LogP contribution is 2.31. The summed E-state index contributed by atoms with van der Waals surface area (Å²) in [5, 5.41) is 4.01. The van der Waals surface area contributed by atoms with Crippen molar-refractivity contribution in [1.82, 2.24) is 15.0 Å². The van der Waals surface area contributed by atoms with Crippen molar-refractivity contribution in [3.05, 3.63) is 59.5 Å². The molecule has 1 heterocycles. The van der Waals surface area contributed by atoms with E-state index < -0.39 is 0 Å². The SMILES string of the molecule is COc1cccc(CN(C)C(=O)CCc2nc(-c3ccc(C)cc3)no2)c1OC. The van der Waals surface area contributed by atoms with E-state index in [2.05, 4.69) is 10.1 Å². The molecular formula is C22H25N3O4. The van der Waals surface area contributed by atoms with Crippen LogP contribution in [-0.4, -0.2) is 42.2 Å². The molecule has 0 atom stereocenters. The van der Waals surface area contributed by atoms with E-state index in [4.69, 9.17) is 14.0 Å². The minimum atomic E-state index is -0.0232. The van der Waals surface area contributed by atoms with Crippen LogP contribution in [0.5, 0.6) is 11.5 Å². The number of hydrogen-bond acceptors (Lipinski definition) is 6. The van der Waals surface area contributed by atoms with E-state index in [0.29, 0.717) is 36.2 Å². The van der Waals surface area contributed by atoms with Crippen LogP contribution in [0.15, 0.2) is 47.0 Å². The largest absolute Gasteiger partial charge is 0.493 e. The van der Waals surface area contributed by atoms with Crippen molar-refractivity contribution in [3.8, 4) is 22.9 Å². The zero-order chi connectivity index (χ0) is 20.8. The van der Waals surface area contributed by atoms with Gasteiger partial charge in [-0.15, -0.1) is 0 Å². The van der Waals surface area contributed by atoms with E-state index in [0.717, 1.165) is 11.1 Å². The van der Waals surface area contributed by atoms with Crippen LogP contribution in [0, 0.1) is 6.92 Å². The number of rotatable bonds is 8. The summed E-state index contributed by atoms with van der Waals surface area (Å²) in [5.74, 6) is 2.22. The Morgan fingerprint density at radius 2 is 1.86 bits per heavy atom. The van der Waals surface area contributed by atoms with E-state index in [1.165, 1.54) is 5.56 Å². The number of nitrogens with zero attached hydrogens (tertiary/aromatic N) is 3. The fourth-order valence-electron chi connectivity index (χ4n) is 3.00. The van der Waals surface area contributed by atoms with Gasteiger partial charge in [-0.1, -0.05) is 47.1 Å². The second-order valence-corrected chi connectivity index (χ2v) is 6.78. The Kier molecular flexibility index (Phi) is 6.49. The van der Waals surface area contributed by atoms with Crippen molar-refractivity contribution in [2.75, 3.05) is 21.3 Å². The van der Waals surface area contributed by atoms with Gasteiger partial charge >= 0.3 is 0 Å². The first-order valence-electron chi connectivity index (χ1n) is 9.35. The van der Waals surface area contributed by atoms with Gasteiger partial charge in [0.2, 0.25) is 17.6 Å². The van der Waals surface area contributed by atoms with Crippen molar-refractivity contribution < 1.29 is 18.8 Å². The summed E-state index contributed by atoms with van der Waals surface area (Å²) in [5.41, 5.74) is 2.93. The molecule has 3 rings (SSSR count). The van der Waals surface area contributed by atoms with Crippen molar-refractivity contribution in [2.45, 2.75) is 26.3 Å². The molecule has 0 bridgehead atoms. The number of aromatic nitrogens is 2. The van der Waals surface area contributed by atoms with Crippen LogP contribution < -0.4 is 9.47 Å². The van der Waals surface area contributed by atoms with Gasteiger partial charge in [0, 0.05) is 37.6 Å². The predicted octanol–water partition coefficient (Wildman–Crippen LogP) is 3.65. The monoisotopic (exact) mass is 395 g/mol. The summed E-state index contributed by atoms with van der Waals surface area (Å²) in [6, 6.07) is 13.5. The molecule has 0 saturated carbocycles. The number of amides is 1. The summed E-state index contributed by atoms with van der Waals surface area (Å²) in [6.07, 6.45) is 0.662. The molecule has 0 aliphatic rings. The van der Waals surface area contributed by atoms with E-state index >= 15 is 0 Å². The second-order valence-electron chi connectivity index (χ2n) is 6.78. The number of methoxy groups -OCH3 is 2. The summed E-state index contributed by atoms with van der Waals surface area (Å²) in [7, 11) is 4.93. The van der Waals surface area contributed by atoms with Gasteiger partial charge in [-0.05, 0) is 13.0 Å². The smallest absolute Gasteiger partial charge is 0.227 e. The van der Waals surface area contributed by atoms with Crippen LogP contribution in [0.1, 0.15) is 23.4 Å². The Bertz CT molecular complexity index is 966. The molecule has 3 aromatic rings. The van der Waals surface area contributed by atoms with Gasteiger partial charge in [-0.2, -0.15) is 4.98 Å². The lowest BCUT2D eigenvalue weighted by molar-refractivity contribution is -0.130. The second kappa shape index (κ2) is 9.23. The van der Waals surface area contributed by atoms with E-state index in [1.54, 1.807) is 26.2 Å². The number of carbonyl (C=O) groups is 1. The maximum absolute atomic E-state index is 12.6. The van der Waals surface area contributed by atoms with Crippen LogP contribution in [-0.2, 0) is 17.8 Å². The Labute approximate surface area is 170 Å². The maximum Gasteiger partial charge on any atom is 0.227 e. The topological polar surface area (TPSA) is 77.7 Å². The highest BCUT2D eigenvalue weighted by molar-refractivity contribution is 5.76. The molecule has 0 fully saturated rings. The van der Waals surface area contributed by atoms with Crippen molar-refractivity contribution in [1.29, 1.82) is 0 Å². The molecule has 1 aromatic heterocycles. The Hall–Kier alpha value is -3.35. The first kappa shape index (κ1) is 20.4. The standard InChI is InChI=1S/C22H25N3O4/c1-15-8-10-16(11-9-15)22-23-19(29-24-22)12-13-20(26)25(2)14-17-6-5-7-18(27-3)21(17)28-4/h5-11H,12-14H2,1-4H3. The summed E-state index contributed by atoms with van der Waals surface area (Å²) < 4.78 is 16.0. The lowest BCUT2D eigenvalue weighted by Gasteiger charge is -2.19. The predicted molar refractivity (Wildman–Crippen MR) is 109 cm³/mol. The van der Waals surface area contributed by atoms with Crippen molar-refractivity contribution >= 4 is 5.91 Å². The van der Waals surface area contributed by atoms with Gasteiger partial charge in [-0.3, -0.25) is 4.79 Å². The van der Waals surface area contributed by atoms with Gasteiger partial charge in [0.25, 0.3) is 0 Å². The molecule has 0 spiro atoms. The summed E-state index contributed by atoms with van der Waals surface area (Å²) >= 11 is 0. The van der Waals surface area contributed by atoms with Gasteiger partial charge in [0.15, 0.2) is 11.5 Å². The fourth-order valence-corrected chi connectivity index (χ4v) is 3.00. The number of benzene rings is 2. The van der Waals surface area contributed by atoms with Gasteiger partial charge in [0.05, 0.1) is 14.2 Å². The molecule has 152 valence electrons. The number of para-hydroxylation sites is 1. The third kappa shape index (κ3) is 4.93. The van der Waals surface area contributed by atoms with Gasteiger partial charge < -0.3 is 18.9 Å². The van der Waals surface area contributed by atoms with Crippen LogP contribution in [0.3, 0.4) is 0 Å². The quantitative estimate of drug-likeness (QED) is 0.579. The number of hydrogen-bond donors (Lipinski definition) is 0. The third-order valence-electron chi connectivity index (χ3n) is 4.65. The maximum atomic E-state index is 12.6. The molecular weight excluding hydrogens is 370 g/mol. The number of ether oxygens (including phenoxy) is 2. The van der Waals surface area contributed by atoms with Crippen LogP contribution in [0.2, 0.25) is 0 Å². The molecule has 0 aliphatic heterocycles. The molecule has 1 amide bonds. The molecule has 0 aliphatic carbocycles. The summed E-state index contributed by atoms with van der Waals surface area (Å²) in [4.78, 5) is 18.6. The molecule has 7 heteroatoms. The zero-order valence-corrected chi connectivity index (χ0v) is 17.1. The normalized spacial score (nSPS) is 10.6. The number of carbonyl (C=O) groups excluding carboxylic acids is 1. The highest BCUT2D eigenvalue weighted by Gasteiger charge is 2.16.